The summed E-state index contributed by atoms with van der Waals surface area (Å²) in [5.41, 5.74) is 1.27. The predicted octanol–water partition coefficient (Wildman–Crippen LogP) is 4.12. The lowest BCUT2D eigenvalue weighted by atomic mass is 9.76. The number of anilines is 1. The predicted molar refractivity (Wildman–Crippen MR) is 118 cm³/mol. The van der Waals surface area contributed by atoms with Crippen LogP contribution in [0, 0.1) is 11.8 Å². The monoisotopic (exact) mass is 428 g/mol. The Bertz CT molecular complexity index is 918. The Labute approximate surface area is 182 Å². The molecule has 7 nitrogen and oxygen atoms in total. The van der Waals surface area contributed by atoms with Gasteiger partial charge in [-0.2, -0.15) is 0 Å². The van der Waals surface area contributed by atoms with Crippen molar-refractivity contribution >= 4 is 28.5 Å². The van der Waals surface area contributed by atoms with Gasteiger partial charge in [0, 0.05) is 18.2 Å². The van der Waals surface area contributed by atoms with Gasteiger partial charge in [-0.25, -0.2) is 4.79 Å². The minimum atomic E-state index is -0.531. The van der Waals surface area contributed by atoms with Crippen molar-refractivity contribution in [3.8, 4) is 0 Å². The van der Waals surface area contributed by atoms with Crippen LogP contribution in [0.4, 0.5) is 5.69 Å². The van der Waals surface area contributed by atoms with Gasteiger partial charge in [-0.15, -0.1) is 0 Å². The zero-order chi connectivity index (χ0) is 21.8. The number of carbonyl (C=O) groups is 2. The fraction of sp³-hybridized carbons (Fsp3) is 0.583. The van der Waals surface area contributed by atoms with E-state index < -0.39 is 5.97 Å². The van der Waals surface area contributed by atoms with Crippen LogP contribution in [0.15, 0.2) is 28.7 Å². The fourth-order valence-electron chi connectivity index (χ4n) is 4.85. The molecule has 2 heterocycles. The molecule has 2 fully saturated rings. The molecule has 3 atom stereocenters. The lowest BCUT2D eigenvalue weighted by Crippen LogP contribution is -2.42. The number of hydrogen-bond donors (Lipinski definition) is 2. The van der Waals surface area contributed by atoms with Gasteiger partial charge >= 0.3 is 5.97 Å². The van der Waals surface area contributed by atoms with E-state index in [0.29, 0.717) is 23.1 Å². The summed E-state index contributed by atoms with van der Waals surface area (Å²) in [4.78, 5) is 25.2. The average molecular weight is 429 g/mol. The quantitative estimate of drug-likeness (QED) is 0.645. The minimum Gasteiger partial charge on any atom is -0.457 e. The van der Waals surface area contributed by atoms with Crippen LogP contribution in [0.1, 0.15) is 56.0 Å². The molecule has 1 aromatic heterocycles. The molecule has 2 aliphatic rings. The second-order valence-electron chi connectivity index (χ2n) is 8.78. The van der Waals surface area contributed by atoms with Crippen molar-refractivity contribution in [1.82, 2.24) is 5.32 Å². The molecule has 1 aliphatic heterocycles. The molecule has 1 aliphatic carbocycles. The Hall–Kier alpha value is -2.38. The van der Waals surface area contributed by atoms with E-state index in [4.69, 9.17) is 13.9 Å². The molecule has 0 radical (unpaired) electrons. The van der Waals surface area contributed by atoms with Crippen molar-refractivity contribution in [2.75, 3.05) is 25.6 Å². The van der Waals surface area contributed by atoms with E-state index in [0.717, 1.165) is 18.4 Å². The van der Waals surface area contributed by atoms with Crippen molar-refractivity contribution in [2.24, 2.45) is 11.8 Å². The SMILES string of the molecule is CO[C@@H](C)COC(=O)c1cc2cc(NC(=O)[C@H]3NCC[C@H]3C3CCCCC3)ccc2o1. The summed E-state index contributed by atoms with van der Waals surface area (Å²) in [7, 11) is 1.56. The van der Waals surface area contributed by atoms with Gasteiger partial charge in [0.15, 0.2) is 0 Å². The maximum absolute atomic E-state index is 13.0. The van der Waals surface area contributed by atoms with Gasteiger partial charge in [-0.3, -0.25) is 4.79 Å². The van der Waals surface area contributed by atoms with Gasteiger partial charge in [0.2, 0.25) is 11.7 Å². The molecule has 2 aromatic rings. The second-order valence-corrected chi connectivity index (χ2v) is 8.78. The van der Waals surface area contributed by atoms with E-state index in [1.54, 1.807) is 25.3 Å². The highest BCUT2D eigenvalue weighted by Gasteiger charge is 2.38. The molecule has 0 bridgehead atoms. The van der Waals surface area contributed by atoms with Crippen LogP contribution in [0.2, 0.25) is 0 Å². The molecule has 7 heteroatoms. The Morgan fingerprint density at radius 2 is 2.00 bits per heavy atom. The van der Waals surface area contributed by atoms with Gasteiger partial charge in [0.25, 0.3) is 0 Å². The molecule has 31 heavy (non-hydrogen) atoms. The van der Waals surface area contributed by atoms with Crippen LogP contribution >= 0.6 is 0 Å². The molecular formula is C24H32N2O5. The van der Waals surface area contributed by atoms with Crippen LogP contribution < -0.4 is 10.6 Å². The normalized spacial score (nSPS) is 23.0. The largest absolute Gasteiger partial charge is 0.457 e. The summed E-state index contributed by atoms with van der Waals surface area (Å²) in [6, 6.07) is 6.90. The summed E-state index contributed by atoms with van der Waals surface area (Å²) >= 11 is 0. The maximum atomic E-state index is 13.0. The molecule has 2 N–H and O–H groups in total. The number of hydrogen-bond acceptors (Lipinski definition) is 6. The molecule has 1 aromatic carbocycles. The first-order valence-electron chi connectivity index (χ1n) is 11.3. The maximum Gasteiger partial charge on any atom is 0.374 e. The van der Waals surface area contributed by atoms with E-state index in [9.17, 15) is 9.59 Å². The van der Waals surface area contributed by atoms with E-state index in [2.05, 4.69) is 10.6 Å². The summed E-state index contributed by atoms with van der Waals surface area (Å²) in [6.45, 7) is 2.87. The third kappa shape index (κ3) is 5.10. The first kappa shape index (κ1) is 21.8. The zero-order valence-corrected chi connectivity index (χ0v) is 18.3. The molecule has 1 saturated carbocycles. The van der Waals surface area contributed by atoms with Crippen molar-refractivity contribution in [3.05, 3.63) is 30.0 Å². The highest BCUT2D eigenvalue weighted by atomic mass is 16.6. The first-order chi connectivity index (χ1) is 15.0. The van der Waals surface area contributed by atoms with E-state index in [1.807, 2.05) is 13.0 Å². The highest BCUT2D eigenvalue weighted by Crippen LogP contribution is 2.36. The summed E-state index contributed by atoms with van der Waals surface area (Å²) in [5, 5.41) is 7.20. The lowest BCUT2D eigenvalue weighted by molar-refractivity contribution is -0.119. The van der Waals surface area contributed by atoms with Gasteiger partial charge < -0.3 is 24.5 Å². The molecular weight excluding hydrogens is 396 g/mol. The second kappa shape index (κ2) is 9.83. The molecule has 1 saturated heterocycles. The minimum absolute atomic E-state index is 0.0177. The third-order valence-electron chi connectivity index (χ3n) is 6.64. The van der Waals surface area contributed by atoms with Crippen LogP contribution in [0.3, 0.4) is 0 Å². The number of esters is 1. The average Bonchev–Trinajstić information content (AvgIpc) is 3.45. The van der Waals surface area contributed by atoms with E-state index >= 15 is 0 Å². The Balaban J connectivity index is 1.41. The number of furan rings is 1. The van der Waals surface area contributed by atoms with Crippen molar-refractivity contribution < 1.29 is 23.5 Å². The number of carbonyl (C=O) groups excluding carboxylic acids is 2. The van der Waals surface area contributed by atoms with Crippen LogP contribution in [0.5, 0.6) is 0 Å². The number of nitrogens with one attached hydrogen (secondary N) is 2. The Morgan fingerprint density at radius 1 is 1.19 bits per heavy atom. The summed E-state index contributed by atoms with van der Waals surface area (Å²) in [6.07, 6.45) is 7.23. The zero-order valence-electron chi connectivity index (χ0n) is 18.3. The number of benzene rings is 1. The molecule has 4 rings (SSSR count). The summed E-state index contributed by atoms with van der Waals surface area (Å²) < 4.78 is 15.9. The van der Waals surface area contributed by atoms with Crippen LogP contribution in [-0.4, -0.2) is 44.3 Å². The first-order valence-corrected chi connectivity index (χ1v) is 11.3. The molecule has 0 spiro atoms. The van der Waals surface area contributed by atoms with Crippen molar-refractivity contribution in [3.63, 3.8) is 0 Å². The van der Waals surface area contributed by atoms with Crippen LogP contribution in [-0.2, 0) is 14.3 Å². The highest BCUT2D eigenvalue weighted by molar-refractivity contribution is 5.98. The molecule has 0 unspecified atom stereocenters. The smallest absolute Gasteiger partial charge is 0.374 e. The number of ether oxygens (including phenoxy) is 2. The lowest BCUT2D eigenvalue weighted by Gasteiger charge is -2.30. The van der Waals surface area contributed by atoms with Gasteiger partial charge in [0.1, 0.15) is 12.2 Å². The topological polar surface area (TPSA) is 89.8 Å². The van der Waals surface area contributed by atoms with Gasteiger partial charge in [0.05, 0.1) is 12.1 Å². The summed E-state index contributed by atoms with van der Waals surface area (Å²) in [5.74, 6) is 0.677. The number of amides is 1. The Kier molecular flexibility index (Phi) is 6.92. The number of fused-ring (bicyclic) bond motifs is 1. The molecule has 1 amide bonds. The van der Waals surface area contributed by atoms with Crippen LogP contribution in [0.25, 0.3) is 11.0 Å². The number of rotatable bonds is 7. The third-order valence-corrected chi connectivity index (χ3v) is 6.64. The standard InChI is InChI=1S/C24H32N2O5/c1-15(29-2)14-30-24(28)21-13-17-12-18(8-9-20(17)31-21)26-23(27)22-19(10-11-25-22)16-6-4-3-5-7-16/h8-9,12-13,15-16,19,22,25H,3-7,10-11,14H2,1-2H3,(H,26,27)/t15-,19-,22-/m0/s1. The van der Waals surface area contributed by atoms with Crippen molar-refractivity contribution in [2.45, 2.75) is 57.6 Å². The number of methoxy groups -OCH3 is 1. The molecule has 168 valence electrons. The van der Waals surface area contributed by atoms with E-state index in [1.165, 1.54) is 32.1 Å². The van der Waals surface area contributed by atoms with Gasteiger partial charge in [-0.1, -0.05) is 32.1 Å². The van der Waals surface area contributed by atoms with Gasteiger partial charge in [-0.05, 0) is 56.0 Å². The fourth-order valence-corrected chi connectivity index (χ4v) is 4.85. The Morgan fingerprint density at radius 3 is 2.77 bits per heavy atom. The van der Waals surface area contributed by atoms with Crippen molar-refractivity contribution in [1.29, 1.82) is 0 Å². The van der Waals surface area contributed by atoms with E-state index in [-0.39, 0.29) is 30.4 Å².